The Morgan fingerprint density at radius 1 is 0.607 bits per heavy atom. The molecular formula is C25H17N3. The lowest BCUT2D eigenvalue weighted by Gasteiger charge is -2.05. The molecule has 132 valence electrons. The first-order valence-corrected chi connectivity index (χ1v) is 9.42. The molecule has 28 heavy (non-hydrogen) atoms. The fourth-order valence-electron chi connectivity index (χ4n) is 4.21. The average molecular weight is 359 g/mol. The van der Waals surface area contributed by atoms with Gasteiger partial charge in [-0.05, 0) is 29.3 Å². The van der Waals surface area contributed by atoms with E-state index in [9.17, 15) is 0 Å². The van der Waals surface area contributed by atoms with Crippen molar-refractivity contribution in [1.82, 2.24) is 15.0 Å². The smallest absolute Gasteiger partial charge is 0.138 e. The topological polar surface area (TPSA) is 44.5 Å². The molecule has 0 amide bonds. The highest BCUT2D eigenvalue weighted by Crippen LogP contribution is 2.41. The summed E-state index contributed by atoms with van der Waals surface area (Å²) in [5.41, 5.74) is 7.95. The summed E-state index contributed by atoms with van der Waals surface area (Å²) in [6.45, 7) is 0. The van der Waals surface area contributed by atoms with Crippen LogP contribution < -0.4 is 0 Å². The highest BCUT2D eigenvalue weighted by atomic mass is 14.9. The van der Waals surface area contributed by atoms with Crippen LogP contribution in [-0.4, -0.2) is 15.0 Å². The molecule has 0 aliphatic heterocycles. The molecule has 0 bridgehead atoms. The molecule has 3 aromatic heterocycles. The number of hydrogen-bond donors (Lipinski definition) is 2. The van der Waals surface area contributed by atoms with Gasteiger partial charge in [-0.15, -0.1) is 0 Å². The summed E-state index contributed by atoms with van der Waals surface area (Å²) in [6.07, 6.45) is 1.83. The molecule has 0 saturated heterocycles. The van der Waals surface area contributed by atoms with Crippen molar-refractivity contribution in [2.45, 2.75) is 0 Å². The summed E-state index contributed by atoms with van der Waals surface area (Å²) >= 11 is 0. The molecule has 0 unspecified atom stereocenters. The first-order valence-electron chi connectivity index (χ1n) is 9.42. The van der Waals surface area contributed by atoms with E-state index in [1.54, 1.807) is 0 Å². The standard InChI is InChI=1S/C25H17N3/c1-3-8-16(9-4-1)21-18-13-14-20-22(19-12-7-15-26-25(19)27-20)24(18)28-23(21)17-10-5-2-6-11-17/h1-15,28H,(H,26,27). The quantitative estimate of drug-likeness (QED) is 0.363. The zero-order valence-corrected chi connectivity index (χ0v) is 15.1. The number of nitrogens with zero attached hydrogens (tertiary/aromatic N) is 1. The maximum absolute atomic E-state index is 4.50. The molecule has 6 rings (SSSR count). The zero-order valence-electron chi connectivity index (χ0n) is 15.1. The number of aromatic nitrogens is 3. The summed E-state index contributed by atoms with van der Waals surface area (Å²) in [5, 5.41) is 3.56. The van der Waals surface area contributed by atoms with E-state index in [-0.39, 0.29) is 0 Å². The summed E-state index contributed by atoms with van der Waals surface area (Å²) in [6, 6.07) is 29.6. The first-order chi connectivity index (χ1) is 13.9. The van der Waals surface area contributed by atoms with Gasteiger partial charge >= 0.3 is 0 Å². The number of benzene rings is 3. The van der Waals surface area contributed by atoms with Crippen molar-refractivity contribution in [2.24, 2.45) is 0 Å². The van der Waals surface area contributed by atoms with Gasteiger partial charge in [-0.1, -0.05) is 66.7 Å². The van der Waals surface area contributed by atoms with Gasteiger partial charge in [0, 0.05) is 33.4 Å². The number of aromatic amines is 2. The predicted molar refractivity (Wildman–Crippen MR) is 116 cm³/mol. The van der Waals surface area contributed by atoms with E-state index >= 15 is 0 Å². The lowest BCUT2D eigenvalue weighted by atomic mass is 9.98. The third kappa shape index (κ3) is 2.13. The maximum atomic E-state index is 4.50. The normalized spacial score (nSPS) is 11.6. The van der Waals surface area contributed by atoms with Gasteiger partial charge in [-0.2, -0.15) is 0 Å². The van der Waals surface area contributed by atoms with Gasteiger partial charge in [-0.25, -0.2) is 4.98 Å². The van der Waals surface area contributed by atoms with E-state index in [0.717, 1.165) is 27.8 Å². The number of hydrogen-bond acceptors (Lipinski definition) is 1. The average Bonchev–Trinajstić information content (AvgIpc) is 3.33. The lowest BCUT2D eigenvalue weighted by molar-refractivity contribution is 1.35. The SMILES string of the molecule is c1ccc(-c2[nH]c3c(ccc4[nH]c5ncccc5c43)c2-c2ccccc2)cc1. The van der Waals surface area contributed by atoms with Crippen LogP contribution in [0.4, 0.5) is 0 Å². The fraction of sp³-hybridized carbons (Fsp3) is 0. The second-order valence-corrected chi connectivity index (χ2v) is 7.04. The molecule has 3 heteroatoms. The van der Waals surface area contributed by atoms with Crippen LogP contribution in [0, 0.1) is 0 Å². The van der Waals surface area contributed by atoms with Crippen LogP contribution in [0.15, 0.2) is 91.1 Å². The van der Waals surface area contributed by atoms with Crippen molar-refractivity contribution >= 4 is 32.8 Å². The molecule has 0 spiro atoms. The van der Waals surface area contributed by atoms with Crippen LogP contribution in [-0.2, 0) is 0 Å². The van der Waals surface area contributed by atoms with Crippen LogP contribution in [0.5, 0.6) is 0 Å². The molecule has 0 atom stereocenters. The summed E-state index contributed by atoms with van der Waals surface area (Å²) < 4.78 is 0. The van der Waals surface area contributed by atoms with E-state index < -0.39 is 0 Å². The molecule has 0 aliphatic carbocycles. The van der Waals surface area contributed by atoms with E-state index in [1.807, 2.05) is 12.3 Å². The molecule has 0 aliphatic rings. The van der Waals surface area contributed by atoms with Crippen molar-refractivity contribution < 1.29 is 0 Å². The van der Waals surface area contributed by atoms with Crippen LogP contribution >= 0.6 is 0 Å². The molecule has 0 radical (unpaired) electrons. The molecule has 3 heterocycles. The Bertz CT molecular complexity index is 1440. The fourth-order valence-corrected chi connectivity index (χ4v) is 4.21. The Balaban J connectivity index is 1.80. The van der Waals surface area contributed by atoms with Gasteiger partial charge in [0.25, 0.3) is 0 Å². The van der Waals surface area contributed by atoms with Crippen molar-refractivity contribution in [2.75, 3.05) is 0 Å². The second kappa shape index (κ2) is 5.83. The third-order valence-corrected chi connectivity index (χ3v) is 5.43. The molecule has 6 aromatic rings. The van der Waals surface area contributed by atoms with E-state index in [2.05, 4.69) is 93.8 Å². The largest absolute Gasteiger partial charge is 0.353 e. The van der Waals surface area contributed by atoms with Gasteiger partial charge in [-0.3, -0.25) is 0 Å². The Kier molecular flexibility index (Phi) is 3.17. The van der Waals surface area contributed by atoms with E-state index in [0.29, 0.717) is 0 Å². The van der Waals surface area contributed by atoms with Gasteiger partial charge < -0.3 is 9.97 Å². The number of pyridine rings is 1. The van der Waals surface area contributed by atoms with Gasteiger partial charge in [0.2, 0.25) is 0 Å². The molecule has 2 N–H and O–H groups in total. The Morgan fingerprint density at radius 2 is 1.36 bits per heavy atom. The lowest BCUT2D eigenvalue weighted by Crippen LogP contribution is -1.82. The molecular weight excluding hydrogens is 342 g/mol. The molecule has 3 nitrogen and oxygen atoms in total. The Morgan fingerprint density at radius 3 is 2.14 bits per heavy atom. The van der Waals surface area contributed by atoms with Gasteiger partial charge in [0.15, 0.2) is 0 Å². The highest BCUT2D eigenvalue weighted by molar-refractivity contribution is 6.22. The zero-order chi connectivity index (χ0) is 18.5. The summed E-state index contributed by atoms with van der Waals surface area (Å²) in [5.74, 6) is 0. The highest BCUT2D eigenvalue weighted by Gasteiger charge is 2.18. The predicted octanol–water partition coefficient (Wildman–Crippen LogP) is 6.53. The van der Waals surface area contributed by atoms with Crippen molar-refractivity contribution in [1.29, 1.82) is 0 Å². The minimum Gasteiger partial charge on any atom is -0.353 e. The van der Waals surface area contributed by atoms with Crippen LogP contribution in [0.25, 0.3) is 55.2 Å². The second-order valence-electron chi connectivity index (χ2n) is 7.04. The van der Waals surface area contributed by atoms with Crippen molar-refractivity contribution in [3.8, 4) is 22.4 Å². The number of H-pyrrole nitrogens is 2. The molecule has 0 saturated carbocycles. The van der Waals surface area contributed by atoms with Crippen LogP contribution in [0.3, 0.4) is 0 Å². The molecule has 0 fully saturated rings. The number of nitrogens with one attached hydrogen (secondary N) is 2. The minimum absolute atomic E-state index is 0.919. The Hall–Kier alpha value is -3.85. The minimum atomic E-state index is 0.919. The van der Waals surface area contributed by atoms with E-state index in [4.69, 9.17) is 0 Å². The summed E-state index contributed by atoms with van der Waals surface area (Å²) in [4.78, 5) is 11.7. The number of fused-ring (bicyclic) bond motifs is 5. The number of rotatable bonds is 2. The first kappa shape index (κ1) is 15.2. The van der Waals surface area contributed by atoms with Crippen LogP contribution in [0.2, 0.25) is 0 Å². The summed E-state index contributed by atoms with van der Waals surface area (Å²) in [7, 11) is 0. The molecule has 3 aromatic carbocycles. The third-order valence-electron chi connectivity index (χ3n) is 5.43. The Labute approximate surface area is 161 Å². The monoisotopic (exact) mass is 359 g/mol. The van der Waals surface area contributed by atoms with Gasteiger partial charge in [0.05, 0.1) is 11.2 Å². The van der Waals surface area contributed by atoms with Crippen molar-refractivity contribution in [3.63, 3.8) is 0 Å². The van der Waals surface area contributed by atoms with Crippen molar-refractivity contribution in [3.05, 3.63) is 91.1 Å². The van der Waals surface area contributed by atoms with Gasteiger partial charge in [0.1, 0.15) is 5.65 Å². The van der Waals surface area contributed by atoms with E-state index in [1.165, 1.54) is 27.5 Å². The van der Waals surface area contributed by atoms with Crippen LogP contribution in [0.1, 0.15) is 0 Å². The maximum Gasteiger partial charge on any atom is 0.138 e.